The molecule has 0 fully saturated rings. The number of hydrogen-bond donors (Lipinski definition) is 1. The van der Waals surface area contributed by atoms with Gasteiger partial charge in [0.2, 0.25) is 0 Å². The third kappa shape index (κ3) is 4.45. The van der Waals surface area contributed by atoms with E-state index >= 15 is 0 Å². The molecule has 0 saturated carbocycles. The van der Waals surface area contributed by atoms with Crippen molar-refractivity contribution in [1.29, 1.82) is 0 Å². The fraction of sp³-hybridized carbons (Fsp3) is 0.150. The van der Waals surface area contributed by atoms with Gasteiger partial charge in [0.15, 0.2) is 0 Å². The molecule has 3 nitrogen and oxygen atoms in total. The first-order valence-corrected chi connectivity index (χ1v) is 8.73. The lowest BCUT2D eigenvalue weighted by atomic mass is 10.2. The summed E-state index contributed by atoms with van der Waals surface area (Å²) >= 11 is 1.36. The van der Waals surface area contributed by atoms with Crippen molar-refractivity contribution in [2.24, 2.45) is 0 Å². The molecule has 128 valence electrons. The largest absolute Gasteiger partial charge is 0.489 e. The van der Waals surface area contributed by atoms with E-state index in [0.717, 1.165) is 11.3 Å². The quantitative estimate of drug-likeness (QED) is 0.671. The van der Waals surface area contributed by atoms with Crippen LogP contribution in [-0.4, -0.2) is 5.91 Å². The number of thiophene rings is 1. The van der Waals surface area contributed by atoms with Crippen LogP contribution in [0, 0.1) is 19.7 Å². The molecule has 0 unspecified atom stereocenters. The number of hydrogen-bond acceptors (Lipinski definition) is 3. The highest BCUT2D eigenvalue weighted by Gasteiger charge is 2.11. The molecule has 5 heteroatoms. The summed E-state index contributed by atoms with van der Waals surface area (Å²) in [4.78, 5) is 12.9. The number of benzene rings is 2. The zero-order chi connectivity index (χ0) is 17.8. The number of carbonyl (C=O) groups is 1. The molecule has 0 aliphatic rings. The molecule has 0 radical (unpaired) electrons. The number of aryl methyl sites for hydroxylation is 2. The van der Waals surface area contributed by atoms with Crippen LogP contribution in [-0.2, 0) is 6.61 Å². The van der Waals surface area contributed by atoms with E-state index < -0.39 is 0 Å². The Morgan fingerprint density at radius 3 is 2.60 bits per heavy atom. The highest BCUT2D eigenvalue weighted by atomic mass is 32.1. The highest BCUT2D eigenvalue weighted by Crippen LogP contribution is 2.21. The fourth-order valence-corrected chi connectivity index (χ4v) is 3.11. The number of carbonyl (C=O) groups excluding carboxylic acids is 1. The van der Waals surface area contributed by atoms with Gasteiger partial charge < -0.3 is 10.1 Å². The summed E-state index contributed by atoms with van der Waals surface area (Å²) in [6.45, 7) is 4.19. The second-order valence-electron chi connectivity index (χ2n) is 5.83. The van der Waals surface area contributed by atoms with Crippen LogP contribution in [0.1, 0.15) is 26.4 Å². The van der Waals surface area contributed by atoms with Crippen LogP contribution in [0.25, 0.3) is 0 Å². The summed E-state index contributed by atoms with van der Waals surface area (Å²) in [6.07, 6.45) is 0. The molecule has 0 aliphatic carbocycles. The fourth-order valence-electron chi connectivity index (χ4n) is 2.32. The van der Waals surface area contributed by atoms with Crippen LogP contribution in [0.5, 0.6) is 5.75 Å². The van der Waals surface area contributed by atoms with E-state index in [1.165, 1.54) is 29.0 Å². The summed E-state index contributed by atoms with van der Waals surface area (Å²) < 4.78 is 18.9. The second kappa shape index (κ2) is 7.49. The Kier molecular flexibility index (Phi) is 5.14. The number of rotatable bonds is 5. The maximum Gasteiger partial charge on any atom is 0.265 e. The Bertz CT molecular complexity index is 887. The minimum Gasteiger partial charge on any atom is -0.489 e. The normalized spacial score (nSPS) is 10.5. The van der Waals surface area contributed by atoms with Gasteiger partial charge in [-0.2, -0.15) is 0 Å². The monoisotopic (exact) mass is 355 g/mol. The molecular weight excluding hydrogens is 337 g/mol. The summed E-state index contributed by atoms with van der Waals surface area (Å²) in [6, 6.07) is 13.9. The van der Waals surface area contributed by atoms with Gasteiger partial charge in [-0.05, 0) is 61.2 Å². The van der Waals surface area contributed by atoms with Crippen LogP contribution in [0.4, 0.5) is 10.1 Å². The maximum absolute atomic E-state index is 13.1. The van der Waals surface area contributed by atoms with Crippen molar-refractivity contribution in [2.45, 2.75) is 20.5 Å². The zero-order valence-electron chi connectivity index (χ0n) is 14.0. The molecule has 0 atom stereocenters. The summed E-state index contributed by atoms with van der Waals surface area (Å²) in [7, 11) is 0. The van der Waals surface area contributed by atoms with Gasteiger partial charge in [-0.15, -0.1) is 11.3 Å². The molecule has 1 aromatic heterocycles. The molecule has 0 saturated heterocycles. The first kappa shape index (κ1) is 17.2. The highest BCUT2D eigenvalue weighted by molar-refractivity contribution is 7.12. The molecule has 3 aromatic rings. The molecule has 1 amide bonds. The average Bonchev–Trinajstić information content (AvgIpc) is 3.06. The van der Waals surface area contributed by atoms with E-state index in [1.807, 2.05) is 42.6 Å². The van der Waals surface area contributed by atoms with Gasteiger partial charge in [0, 0.05) is 11.3 Å². The number of amides is 1. The number of ether oxygens (including phenoxy) is 1. The minimum absolute atomic E-state index is 0.207. The number of halogens is 1. The number of nitrogens with one attached hydrogen (secondary N) is 1. The first-order chi connectivity index (χ1) is 12.0. The lowest BCUT2D eigenvalue weighted by Gasteiger charge is -2.07. The van der Waals surface area contributed by atoms with E-state index in [9.17, 15) is 9.18 Å². The van der Waals surface area contributed by atoms with Crippen molar-refractivity contribution in [1.82, 2.24) is 0 Å². The van der Waals surface area contributed by atoms with Crippen LogP contribution >= 0.6 is 11.3 Å². The predicted octanol–water partition coefficient (Wildman–Crippen LogP) is 5.34. The minimum atomic E-state index is -0.317. The Labute approximate surface area is 150 Å². The van der Waals surface area contributed by atoms with Gasteiger partial charge in [0.25, 0.3) is 5.91 Å². The molecule has 25 heavy (non-hydrogen) atoms. The Morgan fingerprint density at radius 1 is 1.12 bits per heavy atom. The third-order valence-electron chi connectivity index (χ3n) is 3.74. The van der Waals surface area contributed by atoms with E-state index in [4.69, 9.17) is 4.74 Å². The molecule has 0 aliphatic heterocycles. The second-order valence-corrected chi connectivity index (χ2v) is 6.75. The lowest BCUT2D eigenvalue weighted by Crippen LogP contribution is -2.11. The van der Waals surface area contributed by atoms with E-state index in [2.05, 4.69) is 5.32 Å². The van der Waals surface area contributed by atoms with Crippen molar-refractivity contribution in [3.8, 4) is 5.75 Å². The SMILES string of the molecule is Cc1ccc(OCc2csc(C(=O)Nc3ccc(F)cc3C)c2)cc1. The van der Waals surface area contributed by atoms with Crippen molar-refractivity contribution in [2.75, 3.05) is 5.32 Å². The van der Waals surface area contributed by atoms with Crippen LogP contribution < -0.4 is 10.1 Å². The van der Waals surface area contributed by atoms with Gasteiger partial charge >= 0.3 is 0 Å². The summed E-state index contributed by atoms with van der Waals surface area (Å²) in [5.74, 6) is 0.271. The third-order valence-corrected chi connectivity index (χ3v) is 4.72. The Morgan fingerprint density at radius 2 is 1.88 bits per heavy atom. The van der Waals surface area contributed by atoms with Crippen molar-refractivity contribution in [3.63, 3.8) is 0 Å². The van der Waals surface area contributed by atoms with Gasteiger partial charge in [0.1, 0.15) is 18.2 Å². The Hall–Kier alpha value is -2.66. The van der Waals surface area contributed by atoms with Gasteiger partial charge in [-0.25, -0.2) is 4.39 Å². The van der Waals surface area contributed by atoms with Crippen molar-refractivity contribution in [3.05, 3.63) is 81.3 Å². The maximum atomic E-state index is 13.1. The van der Waals surface area contributed by atoms with Crippen LogP contribution in [0.3, 0.4) is 0 Å². The standard InChI is InChI=1S/C20H18FNO2S/c1-13-3-6-17(7-4-13)24-11-15-10-19(25-12-15)20(23)22-18-8-5-16(21)9-14(18)2/h3-10,12H,11H2,1-2H3,(H,22,23). The smallest absolute Gasteiger partial charge is 0.265 e. The molecule has 2 aromatic carbocycles. The summed E-state index contributed by atoms with van der Waals surface area (Å²) in [5, 5.41) is 4.71. The molecule has 0 bridgehead atoms. The van der Waals surface area contributed by atoms with Gasteiger partial charge in [0.05, 0.1) is 4.88 Å². The predicted molar refractivity (Wildman–Crippen MR) is 98.9 cm³/mol. The molecular formula is C20H18FNO2S. The van der Waals surface area contributed by atoms with E-state index in [1.54, 1.807) is 13.0 Å². The van der Waals surface area contributed by atoms with Crippen LogP contribution in [0.15, 0.2) is 53.9 Å². The topological polar surface area (TPSA) is 38.3 Å². The summed E-state index contributed by atoms with van der Waals surface area (Å²) in [5.41, 5.74) is 3.41. The first-order valence-electron chi connectivity index (χ1n) is 7.85. The number of anilines is 1. The molecule has 3 rings (SSSR count). The molecule has 1 heterocycles. The average molecular weight is 355 g/mol. The Balaban J connectivity index is 1.62. The van der Waals surface area contributed by atoms with E-state index in [0.29, 0.717) is 22.7 Å². The molecule has 0 spiro atoms. The van der Waals surface area contributed by atoms with Crippen molar-refractivity contribution >= 4 is 22.9 Å². The van der Waals surface area contributed by atoms with Crippen molar-refractivity contribution < 1.29 is 13.9 Å². The van der Waals surface area contributed by atoms with E-state index in [-0.39, 0.29) is 11.7 Å². The van der Waals surface area contributed by atoms with Crippen LogP contribution in [0.2, 0.25) is 0 Å². The van der Waals surface area contributed by atoms with Gasteiger partial charge in [-0.3, -0.25) is 4.79 Å². The molecule has 1 N–H and O–H groups in total. The van der Waals surface area contributed by atoms with Gasteiger partial charge in [-0.1, -0.05) is 17.7 Å². The zero-order valence-corrected chi connectivity index (χ0v) is 14.8. The lowest BCUT2D eigenvalue weighted by molar-refractivity contribution is 0.103.